The monoisotopic (exact) mass is 296 g/mol. The molecule has 0 fully saturated rings. The molecule has 0 saturated heterocycles. The molecular formula is C13H10Cl2N2O2. The summed E-state index contributed by atoms with van der Waals surface area (Å²) in [6.45, 7) is 0. The van der Waals surface area contributed by atoms with Gasteiger partial charge in [0.2, 0.25) is 0 Å². The molecule has 0 aromatic heterocycles. The van der Waals surface area contributed by atoms with Crippen molar-refractivity contribution in [2.24, 2.45) is 5.73 Å². The number of primary amides is 1. The van der Waals surface area contributed by atoms with Crippen LogP contribution < -0.4 is 16.2 Å². The fraction of sp³-hybridized carbons (Fsp3) is 0. The smallest absolute Gasteiger partial charge is 0.252 e. The quantitative estimate of drug-likeness (QED) is 0.851. The summed E-state index contributed by atoms with van der Waals surface area (Å²) in [4.78, 5) is 11.3. The second-order valence-corrected chi connectivity index (χ2v) is 4.61. The zero-order valence-corrected chi connectivity index (χ0v) is 11.2. The number of hydrogen-bond donors (Lipinski definition) is 2. The molecule has 0 aliphatic heterocycles. The Hall–Kier alpha value is -1.91. The van der Waals surface area contributed by atoms with E-state index in [-0.39, 0.29) is 17.0 Å². The van der Waals surface area contributed by atoms with Gasteiger partial charge in [-0.1, -0.05) is 29.3 Å². The summed E-state index contributed by atoms with van der Waals surface area (Å²) in [6, 6.07) is 9.47. The zero-order chi connectivity index (χ0) is 14.0. The number of benzene rings is 2. The average molecular weight is 297 g/mol. The molecule has 0 aliphatic rings. The van der Waals surface area contributed by atoms with Gasteiger partial charge in [0.25, 0.3) is 5.91 Å². The molecule has 1 amide bonds. The van der Waals surface area contributed by atoms with Gasteiger partial charge < -0.3 is 16.2 Å². The second kappa shape index (κ2) is 5.38. The van der Waals surface area contributed by atoms with Crippen LogP contribution >= 0.6 is 23.2 Å². The molecule has 6 heteroatoms. The van der Waals surface area contributed by atoms with E-state index in [2.05, 4.69) is 0 Å². The van der Waals surface area contributed by atoms with Crippen LogP contribution in [0.25, 0.3) is 0 Å². The number of amides is 1. The SMILES string of the molecule is NC(=O)c1cccc(N)c1Oc1cc(Cl)ccc1Cl. The third kappa shape index (κ3) is 2.92. The first-order valence-electron chi connectivity index (χ1n) is 5.30. The number of para-hydroxylation sites is 1. The molecular weight excluding hydrogens is 287 g/mol. The van der Waals surface area contributed by atoms with Crippen molar-refractivity contribution < 1.29 is 9.53 Å². The molecule has 0 spiro atoms. The fourth-order valence-corrected chi connectivity index (χ4v) is 1.85. The normalized spacial score (nSPS) is 10.2. The Balaban J connectivity index is 2.49. The predicted octanol–water partition coefficient (Wildman–Crippen LogP) is 3.47. The van der Waals surface area contributed by atoms with Gasteiger partial charge in [0, 0.05) is 11.1 Å². The number of carbonyl (C=O) groups is 1. The van der Waals surface area contributed by atoms with Crippen molar-refractivity contribution in [2.75, 3.05) is 5.73 Å². The first-order valence-corrected chi connectivity index (χ1v) is 6.06. The van der Waals surface area contributed by atoms with Gasteiger partial charge in [-0.05, 0) is 24.3 Å². The van der Waals surface area contributed by atoms with Gasteiger partial charge in [-0.3, -0.25) is 4.79 Å². The maximum Gasteiger partial charge on any atom is 0.252 e. The van der Waals surface area contributed by atoms with Crippen LogP contribution in [0, 0.1) is 0 Å². The highest BCUT2D eigenvalue weighted by Crippen LogP contribution is 2.36. The molecule has 0 bridgehead atoms. The van der Waals surface area contributed by atoms with E-state index in [9.17, 15) is 4.79 Å². The van der Waals surface area contributed by atoms with E-state index >= 15 is 0 Å². The van der Waals surface area contributed by atoms with Crippen LogP contribution in [-0.4, -0.2) is 5.91 Å². The second-order valence-electron chi connectivity index (χ2n) is 3.76. The Morgan fingerprint density at radius 3 is 2.58 bits per heavy atom. The van der Waals surface area contributed by atoms with Gasteiger partial charge in [0.05, 0.1) is 16.3 Å². The summed E-state index contributed by atoms with van der Waals surface area (Å²) >= 11 is 11.9. The highest BCUT2D eigenvalue weighted by Gasteiger charge is 2.14. The van der Waals surface area contributed by atoms with Crippen LogP contribution in [0.4, 0.5) is 5.69 Å². The standard InChI is InChI=1S/C13H10Cl2N2O2/c14-7-4-5-9(15)11(6-7)19-12-8(13(17)18)2-1-3-10(12)16/h1-6H,16H2,(H2,17,18). The largest absolute Gasteiger partial charge is 0.453 e. The molecule has 4 nitrogen and oxygen atoms in total. The summed E-state index contributed by atoms with van der Waals surface area (Å²) in [5, 5.41) is 0.803. The Morgan fingerprint density at radius 1 is 1.16 bits per heavy atom. The summed E-state index contributed by atoms with van der Waals surface area (Å²) in [5.74, 6) is -0.172. The summed E-state index contributed by atoms with van der Waals surface area (Å²) < 4.78 is 5.57. The molecule has 2 aromatic rings. The minimum Gasteiger partial charge on any atom is -0.453 e. The third-order valence-corrected chi connectivity index (χ3v) is 2.96. The molecule has 0 radical (unpaired) electrons. The zero-order valence-electron chi connectivity index (χ0n) is 9.69. The Morgan fingerprint density at radius 2 is 1.89 bits per heavy atom. The van der Waals surface area contributed by atoms with Crippen molar-refractivity contribution in [2.45, 2.75) is 0 Å². The maximum atomic E-state index is 11.3. The number of rotatable bonds is 3. The molecule has 2 aromatic carbocycles. The Labute approximate surface area is 119 Å². The number of nitrogens with two attached hydrogens (primary N) is 2. The first kappa shape index (κ1) is 13.5. The van der Waals surface area contributed by atoms with E-state index in [1.807, 2.05) is 0 Å². The number of anilines is 1. The van der Waals surface area contributed by atoms with E-state index < -0.39 is 5.91 Å². The first-order chi connectivity index (χ1) is 8.99. The number of carbonyl (C=O) groups excluding carboxylic acids is 1. The molecule has 19 heavy (non-hydrogen) atoms. The minimum atomic E-state index is -0.638. The molecule has 0 saturated carbocycles. The lowest BCUT2D eigenvalue weighted by Crippen LogP contribution is -2.13. The number of nitrogen functional groups attached to an aromatic ring is 1. The van der Waals surface area contributed by atoms with Gasteiger partial charge >= 0.3 is 0 Å². The summed E-state index contributed by atoms with van der Waals surface area (Å²) in [7, 11) is 0. The van der Waals surface area contributed by atoms with Gasteiger partial charge in [-0.2, -0.15) is 0 Å². The van der Waals surface area contributed by atoms with Gasteiger partial charge in [-0.15, -0.1) is 0 Å². The van der Waals surface area contributed by atoms with Crippen molar-refractivity contribution in [3.8, 4) is 11.5 Å². The molecule has 0 unspecified atom stereocenters. The molecule has 4 N–H and O–H groups in total. The van der Waals surface area contributed by atoms with Crippen molar-refractivity contribution in [3.05, 3.63) is 52.0 Å². The van der Waals surface area contributed by atoms with E-state index in [0.29, 0.717) is 15.8 Å². The van der Waals surface area contributed by atoms with Crippen LogP contribution in [0.2, 0.25) is 10.0 Å². The molecule has 0 heterocycles. The highest BCUT2D eigenvalue weighted by atomic mass is 35.5. The fourth-order valence-electron chi connectivity index (χ4n) is 1.53. The molecule has 98 valence electrons. The predicted molar refractivity (Wildman–Crippen MR) is 75.9 cm³/mol. The van der Waals surface area contributed by atoms with Gasteiger partial charge in [0.15, 0.2) is 5.75 Å². The Bertz CT molecular complexity index is 645. The molecule has 2 rings (SSSR count). The lowest BCUT2D eigenvalue weighted by Gasteiger charge is -2.12. The summed E-state index contributed by atoms with van der Waals surface area (Å²) in [6.07, 6.45) is 0. The minimum absolute atomic E-state index is 0.166. The Kier molecular flexibility index (Phi) is 3.83. The number of hydrogen-bond acceptors (Lipinski definition) is 3. The lowest BCUT2D eigenvalue weighted by atomic mass is 10.1. The molecule has 0 aliphatic carbocycles. The lowest BCUT2D eigenvalue weighted by molar-refractivity contribution is 0.0998. The van der Waals surface area contributed by atoms with E-state index in [1.54, 1.807) is 24.3 Å². The van der Waals surface area contributed by atoms with Gasteiger partial charge in [0.1, 0.15) is 5.75 Å². The number of halogens is 2. The van der Waals surface area contributed by atoms with Crippen molar-refractivity contribution in [3.63, 3.8) is 0 Å². The van der Waals surface area contributed by atoms with E-state index in [4.69, 9.17) is 39.4 Å². The van der Waals surface area contributed by atoms with Crippen molar-refractivity contribution in [1.29, 1.82) is 0 Å². The molecule has 0 atom stereocenters. The van der Waals surface area contributed by atoms with Crippen molar-refractivity contribution >= 4 is 34.8 Å². The summed E-state index contributed by atoms with van der Waals surface area (Å²) in [5.41, 5.74) is 11.5. The maximum absolute atomic E-state index is 11.3. The van der Waals surface area contributed by atoms with Crippen LogP contribution in [0.15, 0.2) is 36.4 Å². The van der Waals surface area contributed by atoms with Crippen LogP contribution in [-0.2, 0) is 0 Å². The average Bonchev–Trinajstić information content (AvgIpc) is 2.35. The van der Waals surface area contributed by atoms with E-state index in [1.165, 1.54) is 12.1 Å². The van der Waals surface area contributed by atoms with E-state index in [0.717, 1.165) is 0 Å². The topological polar surface area (TPSA) is 78.3 Å². The third-order valence-electron chi connectivity index (χ3n) is 2.42. The van der Waals surface area contributed by atoms with Crippen LogP contribution in [0.3, 0.4) is 0 Å². The van der Waals surface area contributed by atoms with Crippen molar-refractivity contribution in [1.82, 2.24) is 0 Å². The van der Waals surface area contributed by atoms with Crippen LogP contribution in [0.5, 0.6) is 11.5 Å². The highest BCUT2D eigenvalue weighted by molar-refractivity contribution is 6.34. The number of ether oxygens (including phenoxy) is 1. The van der Waals surface area contributed by atoms with Crippen LogP contribution in [0.1, 0.15) is 10.4 Å². The van der Waals surface area contributed by atoms with Gasteiger partial charge in [-0.25, -0.2) is 0 Å².